The number of carbonyl (C=O) groups excluding carboxylic acids is 1. The Hall–Kier alpha value is -2.21. The van der Waals surface area contributed by atoms with E-state index in [1.165, 1.54) is 24.3 Å². The zero-order valence-corrected chi connectivity index (χ0v) is 11.2. The Morgan fingerprint density at radius 1 is 1.05 bits per heavy atom. The summed E-state index contributed by atoms with van der Waals surface area (Å²) in [6.45, 7) is 0. The van der Waals surface area contributed by atoms with Crippen LogP contribution >= 0.6 is 11.6 Å². The van der Waals surface area contributed by atoms with Crippen LogP contribution in [0.4, 0.5) is 18.9 Å². The maximum atomic E-state index is 13.6. The summed E-state index contributed by atoms with van der Waals surface area (Å²) in [4.78, 5) is 11.5. The number of ether oxygens (including phenoxy) is 1. The summed E-state index contributed by atoms with van der Waals surface area (Å²) < 4.78 is 44.2. The van der Waals surface area contributed by atoms with Crippen LogP contribution in [0.1, 0.15) is 0 Å². The first kappa shape index (κ1) is 15.2. The van der Waals surface area contributed by atoms with Crippen molar-refractivity contribution in [2.24, 2.45) is 0 Å². The quantitative estimate of drug-likeness (QED) is 0.923. The van der Waals surface area contributed by atoms with E-state index in [2.05, 4.69) is 4.74 Å². The normalized spacial score (nSPS) is 11.0. The predicted octanol–water partition coefficient (Wildman–Crippen LogP) is 4.09. The standard InChI is InChI=1S/C14H9ClF3NO2/c15-9-1-5-11(6-2-9)19-13(20)14(17,18)21-12-7-3-10(16)4-8-12/h1-8H,(H,19,20). The second kappa shape index (κ2) is 6.05. The summed E-state index contributed by atoms with van der Waals surface area (Å²) in [5.41, 5.74) is 0.145. The van der Waals surface area contributed by atoms with Crippen molar-refractivity contribution >= 4 is 23.2 Å². The van der Waals surface area contributed by atoms with E-state index in [4.69, 9.17) is 11.6 Å². The van der Waals surface area contributed by atoms with Crippen LogP contribution in [0.2, 0.25) is 5.02 Å². The number of amides is 1. The Labute approximate surface area is 123 Å². The van der Waals surface area contributed by atoms with Gasteiger partial charge in [0.2, 0.25) is 0 Å². The van der Waals surface area contributed by atoms with Crippen LogP contribution < -0.4 is 10.1 Å². The molecule has 0 aromatic heterocycles. The number of rotatable bonds is 4. The van der Waals surface area contributed by atoms with Gasteiger partial charge in [0.25, 0.3) is 0 Å². The molecule has 2 rings (SSSR count). The molecule has 2 aromatic carbocycles. The number of anilines is 1. The Balaban J connectivity index is 2.05. The lowest BCUT2D eigenvalue weighted by Crippen LogP contribution is -2.39. The highest BCUT2D eigenvalue weighted by Gasteiger charge is 2.42. The molecule has 1 N–H and O–H groups in total. The van der Waals surface area contributed by atoms with E-state index in [1.807, 2.05) is 5.32 Å². The van der Waals surface area contributed by atoms with Crippen LogP contribution in [-0.2, 0) is 4.79 Å². The van der Waals surface area contributed by atoms with Crippen molar-refractivity contribution in [3.05, 3.63) is 59.4 Å². The Bertz CT molecular complexity index is 630. The molecule has 21 heavy (non-hydrogen) atoms. The van der Waals surface area contributed by atoms with Gasteiger partial charge in [0.05, 0.1) is 0 Å². The van der Waals surface area contributed by atoms with Gasteiger partial charge >= 0.3 is 12.0 Å². The van der Waals surface area contributed by atoms with Gasteiger partial charge in [-0.1, -0.05) is 11.6 Å². The Kier molecular flexibility index (Phi) is 4.37. The molecule has 0 aliphatic carbocycles. The van der Waals surface area contributed by atoms with Gasteiger partial charge < -0.3 is 10.1 Å². The molecular formula is C14H9ClF3NO2. The molecule has 0 saturated carbocycles. The number of halogens is 4. The highest BCUT2D eigenvalue weighted by atomic mass is 35.5. The minimum atomic E-state index is -4.10. The first-order valence-corrected chi connectivity index (χ1v) is 6.14. The number of nitrogens with one attached hydrogen (secondary N) is 1. The fraction of sp³-hybridized carbons (Fsp3) is 0.0714. The number of carbonyl (C=O) groups is 1. The van der Waals surface area contributed by atoms with Crippen molar-refractivity contribution in [1.29, 1.82) is 0 Å². The number of hydrogen-bond donors (Lipinski definition) is 1. The van der Waals surface area contributed by atoms with Crippen molar-refractivity contribution in [2.75, 3.05) is 5.32 Å². The second-order valence-corrected chi connectivity index (χ2v) is 4.47. The highest BCUT2D eigenvalue weighted by molar-refractivity contribution is 6.30. The fourth-order valence-corrected chi connectivity index (χ4v) is 1.56. The van der Waals surface area contributed by atoms with Crippen molar-refractivity contribution in [1.82, 2.24) is 0 Å². The monoisotopic (exact) mass is 315 g/mol. The van der Waals surface area contributed by atoms with E-state index < -0.39 is 17.8 Å². The van der Waals surface area contributed by atoms with E-state index in [-0.39, 0.29) is 11.4 Å². The number of hydrogen-bond acceptors (Lipinski definition) is 2. The first-order chi connectivity index (χ1) is 9.87. The van der Waals surface area contributed by atoms with Crippen LogP contribution in [0.15, 0.2) is 48.5 Å². The number of alkyl halides is 2. The summed E-state index contributed by atoms with van der Waals surface area (Å²) in [5.74, 6) is -2.57. The number of benzene rings is 2. The minimum absolute atomic E-state index is 0.145. The molecule has 0 fully saturated rings. The van der Waals surface area contributed by atoms with E-state index >= 15 is 0 Å². The molecule has 0 spiro atoms. The summed E-state index contributed by atoms with van der Waals surface area (Å²) in [5, 5.41) is 2.40. The van der Waals surface area contributed by atoms with Gasteiger partial charge in [-0.25, -0.2) is 4.39 Å². The molecule has 3 nitrogen and oxygen atoms in total. The minimum Gasteiger partial charge on any atom is -0.425 e. The molecule has 0 bridgehead atoms. The summed E-state index contributed by atoms with van der Waals surface area (Å²) in [6.07, 6.45) is -4.10. The average Bonchev–Trinajstić information content (AvgIpc) is 2.43. The highest BCUT2D eigenvalue weighted by Crippen LogP contribution is 2.24. The molecule has 0 radical (unpaired) electrons. The second-order valence-electron chi connectivity index (χ2n) is 4.03. The molecular weight excluding hydrogens is 307 g/mol. The molecule has 0 heterocycles. The Morgan fingerprint density at radius 2 is 1.62 bits per heavy atom. The fourth-order valence-electron chi connectivity index (χ4n) is 1.43. The van der Waals surface area contributed by atoms with Crippen molar-refractivity contribution in [3.8, 4) is 5.75 Å². The predicted molar refractivity (Wildman–Crippen MR) is 72.1 cm³/mol. The van der Waals surface area contributed by atoms with Crippen LogP contribution in [0.3, 0.4) is 0 Å². The summed E-state index contributed by atoms with van der Waals surface area (Å²) >= 11 is 5.64. The van der Waals surface area contributed by atoms with Gasteiger partial charge in [-0.2, -0.15) is 8.78 Å². The van der Waals surface area contributed by atoms with Crippen molar-refractivity contribution < 1.29 is 22.7 Å². The third kappa shape index (κ3) is 4.13. The lowest BCUT2D eigenvalue weighted by atomic mass is 10.3. The molecule has 0 saturated heterocycles. The lowest BCUT2D eigenvalue weighted by molar-refractivity contribution is -0.187. The zero-order valence-electron chi connectivity index (χ0n) is 10.4. The van der Waals surface area contributed by atoms with Gasteiger partial charge in [-0.05, 0) is 48.5 Å². The molecule has 110 valence electrons. The average molecular weight is 316 g/mol. The third-order valence-electron chi connectivity index (χ3n) is 2.43. The van der Waals surface area contributed by atoms with Gasteiger partial charge in [0.15, 0.2) is 0 Å². The van der Waals surface area contributed by atoms with Gasteiger partial charge in [0.1, 0.15) is 11.6 Å². The summed E-state index contributed by atoms with van der Waals surface area (Å²) in [7, 11) is 0. The molecule has 0 aliphatic heterocycles. The van der Waals surface area contributed by atoms with E-state index in [0.717, 1.165) is 24.3 Å². The molecule has 2 aromatic rings. The molecule has 0 atom stereocenters. The first-order valence-electron chi connectivity index (χ1n) is 5.76. The van der Waals surface area contributed by atoms with Crippen LogP contribution in [-0.4, -0.2) is 12.0 Å². The smallest absolute Gasteiger partial charge is 0.425 e. The van der Waals surface area contributed by atoms with Crippen LogP contribution in [0.5, 0.6) is 5.75 Å². The SMILES string of the molecule is O=C(Nc1ccc(Cl)cc1)C(F)(F)Oc1ccc(F)cc1. The maximum Gasteiger partial charge on any atom is 0.482 e. The van der Waals surface area contributed by atoms with Gasteiger partial charge in [0, 0.05) is 10.7 Å². The maximum absolute atomic E-state index is 13.6. The lowest BCUT2D eigenvalue weighted by Gasteiger charge is -2.17. The van der Waals surface area contributed by atoms with E-state index in [1.54, 1.807) is 0 Å². The van der Waals surface area contributed by atoms with Crippen molar-refractivity contribution in [2.45, 2.75) is 6.11 Å². The molecule has 1 amide bonds. The molecule has 0 aliphatic rings. The van der Waals surface area contributed by atoms with E-state index in [9.17, 15) is 18.0 Å². The van der Waals surface area contributed by atoms with E-state index in [0.29, 0.717) is 5.02 Å². The topological polar surface area (TPSA) is 38.3 Å². The largest absolute Gasteiger partial charge is 0.482 e. The third-order valence-corrected chi connectivity index (χ3v) is 2.68. The molecule has 7 heteroatoms. The zero-order chi connectivity index (χ0) is 15.5. The van der Waals surface area contributed by atoms with Gasteiger partial charge in [-0.15, -0.1) is 0 Å². The van der Waals surface area contributed by atoms with Crippen LogP contribution in [0.25, 0.3) is 0 Å². The van der Waals surface area contributed by atoms with Crippen LogP contribution in [0, 0.1) is 5.82 Å². The molecule has 0 unspecified atom stereocenters. The Morgan fingerprint density at radius 3 is 2.19 bits per heavy atom. The van der Waals surface area contributed by atoms with Crippen molar-refractivity contribution in [3.63, 3.8) is 0 Å². The summed E-state index contributed by atoms with van der Waals surface area (Å²) in [6, 6.07) is 9.51. The van der Waals surface area contributed by atoms with Gasteiger partial charge in [-0.3, -0.25) is 4.79 Å².